The zero-order valence-electron chi connectivity index (χ0n) is 12.6. The summed E-state index contributed by atoms with van der Waals surface area (Å²) in [7, 11) is 0. The fraction of sp³-hybridized carbons (Fsp3) is 0.533. The van der Waals surface area contributed by atoms with E-state index in [1.807, 2.05) is 30.9 Å². The van der Waals surface area contributed by atoms with E-state index in [2.05, 4.69) is 12.2 Å². The van der Waals surface area contributed by atoms with Crippen molar-refractivity contribution in [1.29, 1.82) is 0 Å². The summed E-state index contributed by atoms with van der Waals surface area (Å²) in [5.41, 5.74) is 1.93. The Morgan fingerprint density at radius 2 is 2.05 bits per heavy atom. The van der Waals surface area contributed by atoms with Crippen molar-refractivity contribution in [3.8, 4) is 5.75 Å². The van der Waals surface area contributed by atoms with E-state index in [-0.39, 0.29) is 24.9 Å². The van der Waals surface area contributed by atoms with Crippen LogP contribution in [0.1, 0.15) is 18.1 Å². The molecule has 1 aliphatic heterocycles. The summed E-state index contributed by atoms with van der Waals surface area (Å²) < 4.78 is 5.60. The minimum absolute atomic E-state index is 0. The molecule has 118 valence electrons. The standard InChI is InChI=1S/C15H21ClN2O2.ClH/c1-10-6-13(7-11(2)15(10)16)20-9-14(19)18-5-4-17-12(3)8-18;/h6-7,12,17H,4-5,8-9H2,1-3H3;1H/t12-;/m1./s1. The van der Waals surface area contributed by atoms with Gasteiger partial charge in [-0.05, 0) is 44.0 Å². The van der Waals surface area contributed by atoms with Crippen LogP contribution in [0.4, 0.5) is 0 Å². The summed E-state index contributed by atoms with van der Waals surface area (Å²) in [5.74, 6) is 0.726. The number of hydrogen-bond acceptors (Lipinski definition) is 3. The predicted octanol–water partition coefficient (Wildman–Crippen LogP) is 2.58. The molecule has 0 unspecified atom stereocenters. The van der Waals surface area contributed by atoms with Crippen molar-refractivity contribution in [2.24, 2.45) is 0 Å². The van der Waals surface area contributed by atoms with Gasteiger partial charge in [-0.25, -0.2) is 0 Å². The predicted molar refractivity (Wildman–Crippen MR) is 87.7 cm³/mol. The highest BCUT2D eigenvalue weighted by atomic mass is 35.5. The van der Waals surface area contributed by atoms with E-state index in [0.717, 1.165) is 35.8 Å². The number of halogens is 2. The summed E-state index contributed by atoms with van der Waals surface area (Å²) in [4.78, 5) is 13.9. The molecule has 1 atom stereocenters. The second-order valence-corrected chi connectivity index (χ2v) is 5.73. The third-order valence-corrected chi connectivity index (χ3v) is 4.09. The lowest BCUT2D eigenvalue weighted by Gasteiger charge is -2.31. The molecule has 0 aromatic heterocycles. The summed E-state index contributed by atoms with van der Waals surface area (Å²) in [6.07, 6.45) is 0. The number of benzene rings is 1. The Hall–Kier alpha value is -0.970. The SMILES string of the molecule is Cc1cc(OCC(=O)N2CCN[C@H](C)C2)cc(C)c1Cl.Cl. The number of hydrogen-bond donors (Lipinski definition) is 1. The maximum absolute atomic E-state index is 12.1. The van der Waals surface area contributed by atoms with E-state index >= 15 is 0 Å². The van der Waals surface area contributed by atoms with Gasteiger partial charge in [0.2, 0.25) is 0 Å². The molecule has 1 saturated heterocycles. The van der Waals surface area contributed by atoms with E-state index in [9.17, 15) is 4.79 Å². The van der Waals surface area contributed by atoms with Gasteiger partial charge in [0.15, 0.2) is 6.61 Å². The molecule has 1 aromatic rings. The Morgan fingerprint density at radius 1 is 1.43 bits per heavy atom. The quantitative estimate of drug-likeness (QED) is 0.924. The van der Waals surface area contributed by atoms with Crippen molar-refractivity contribution in [2.45, 2.75) is 26.8 Å². The lowest BCUT2D eigenvalue weighted by molar-refractivity contribution is -0.134. The van der Waals surface area contributed by atoms with Crippen LogP contribution < -0.4 is 10.1 Å². The molecule has 1 amide bonds. The first-order valence-electron chi connectivity index (χ1n) is 6.88. The monoisotopic (exact) mass is 332 g/mol. The number of nitrogens with one attached hydrogen (secondary N) is 1. The van der Waals surface area contributed by atoms with Crippen molar-refractivity contribution in [3.05, 3.63) is 28.3 Å². The number of nitrogens with zero attached hydrogens (tertiary/aromatic N) is 1. The van der Waals surface area contributed by atoms with Crippen LogP contribution in [0.2, 0.25) is 5.02 Å². The van der Waals surface area contributed by atoms with Crippen molar-refractivity contribution >= 4 is 29.9 Å². The summed E-state index contributed by atoms with van der Waals surface area (Å²) in [6, 6.07) is 4.07. The molecule has 4 nitrogen and oxygen atoms in total. The highest BCUT2D eigenvalue weighted by molar-refractivity contribution is 6.32. The Balaban J connectivity index is 0.00000220. The molecule has 1 N–H and O–H groups in total. The summed E-state index contributed by atoms with van der Waals surface area (Å²) in [6.45, 7) is 8.33. The average Bonchev–Trinajstić information content (AvgIpc) is 2.42. The summed E-state index contributed by atoms with van der Waals surface area (Å²) >= 11 is 6.11. The van der Waals surface area contributed by atoms with Crippen LogP contribution in [0.25, 0.3) is 0 Å². The molecule has 1 aliphatic rings. The highest BCUT2D eigenvalue weighted by Crippen LogP contribution is 2.25. The molecule has 2 rings (SSSR count). The van der Waals surface area contributed by atoms with Gasteiger partial charge >= 0.3 is 0 Å². The van der Waals surface area contributed by atoms with Crippen molar-refractivity contribution in [1.82, 2.24) is 10.2 Å². The number of amides is 1. The van der Waals surface area contributed by atoms with E-state index in [1.54, 1.807) is 0 Å². The van der Waals surface area contributed by atoms with Gasteiger partial charge < -0.3 is 15.0 Å². The van der Waals surface area contributed by atoms with E-state index in [4.69, 9.17) is 16.3 Å². The number of aryl methyl sites for hydroxylation is 2. The molecule has 1 aromatic carbocycles. The van der Waals surface area contributed by atoms with Gasteiger partial charge in [-0.2, -0.15) is 0 Å². The Labute approximate surface area is 137 Å². The van der Waals surface area contributed by atoms with Crippen LogP contribution in [0, 0.1) is 13.8 Å². The lowest BCUT2D eigenvalue weighted by atomic mass is 10.1. The third-order valence-electron chi connectivity index (χ3n) is 3.49. The van der Waals surface area contributed by atoms with Gasteiger partial charge in [0, 0.05) is 30.7 Å². The fourth-order valence-corrected chi connectivity index (χ4v) is 2.49. The Kier molecular flexibility index (Phi) is 6.78. The minimum Gasteiger partial charge on any atom is -0.484 e. The first kappa shape index (κ1) is 18.1. The zero-order chi connectivity index (χ0) is 14.7. The molecule has 0 saturated carbocycles. The van der Waals surface area contributed by atoms with Crippen LogP contribution in [-0.2, 0) is 4.79 Å². The molecule has 0 spiro atoms. The maximum atomic E-state index is 12.1. The molecule has 6 heteroatoms. The van der Waals surface area contributed by atoms with Crippen molar-refractivity contribution in [2.75, 3.05) is 26.2 Å². The average molecular weight is 333 g/mol. The van der Waals surface area contributed by atoms with Crippen LogP contribution in [0.15, 0.2) is 12.1 Å². The lowest BCUT2D eigenvalue weighted by Crippen LogP contribution is -2.52. The first-order valence-corrected chi connectivity index (χ1v) is 7.26. The summed E-state index contributed by atoms with van der Waals surface area (Å²) in [5, 5.41) is 4.06. The van der Waals surface area contributed by atoms with E-state index in [1.165, 1.54) is 0 Å². The van der Waals surface area contributed by atoms with Crippen LogP contribution in [0.5, 0.6) is 5.75 Å². The van der Waals surface area contributed by atoms with Gasteiger partial charge in [-0.15, -0.1) is 12.4 Å². The Bertz CT molecular complexity index is 485. The van der Waals surface area contributed by atoms with Crippen LogP contribution in [0.3, 0.4) is 0 Å². The number of rotatable bonds is 3. The van der Waals surface area contributed by atoms with Crippen molar-refractivity contribution < 1.29 is 9.53 Å². The van der Waals surface area contributed by atoms with Gasteiger partial charge in [0.1, 0.15) is 5.75 Å². The molecule has 0 bridgehead atoms. The second kappa shape index (κ2) is 7.87. The maximum Gasteiger partial charge on any atom is 0.260 e. The first-order chi connectivity index (χ1) is 9.47. The molecule has 0 radical (unpaired) electrons. The molecular formula is C15H22Cl2N2O2. The van der Waals surface area contributed by atoms with Crippen LogP contribution in [-0.4, -0.2) is 43.1 Å². The second-order valence-electron chi connectivity index (χ2n) is 5.35. The fourth-order valence-electron chi connectivity index (χ4n) is 2.38. The number of ether oxygens (including phenoxy) is 1. The van der Waals surface area contributed by atoms with Gasteiger partial charge in [-0.3, -0.25) is 4.79 Å². The molecule has 1 fully saturated rings. The third kappa shape index (κ3) is 4.77. The molecule has 1 heterocycles. The minimum atomic E-state index is 0. The zero-order valence-corrected chi connectivity index (χ0v) is 14.2. The van der Waals surface area contributed by atoms with Gasteiger partial charge in [0.25, 0.3) is 5.91 Å². The van der Waals surface area contributed by atoms with Crippen LogP contribution >= 0.6 is 24.0 Å². The largest absolute Gasteiger partial charge is 0.484 e. The number of piperazine rings is 1. The topological polar surface area (TPSA) is 41.6 Å². The normalized spacial score (nSPS) is 18.1. The molecule has 21 heavy (non-hydrogen) atoms. The number of carbonyl (C=O) groups is 1. The van der Waals surface area contributed by atoms with Gasteiger partial charge in [-0.1, -0.05) is 11.6 Å². The van der Waals surface area contributed by atoms with E-state index in [0.29, 0.717) is 11.8 Å². The molecular weight excluding hydrogens is 311 g/mol. The van der Waals surface area contributed by atoms with Crippen molar-refractivity contribution in [3.63, 3.8) is 0 Å². The van der Waals surface area contributed by atoms with E-state index < -0.39 is 0 Å². The van der Waals surface area contributed by atoms with Gasteiger partial charge in [0.05, 0.1) is 0 Å². The smallest absolute Gasteiger partial charge is 0.260 e. The number of carbonyl (C=O) groups excluding carboxylic acids is 1. The molecule has 0 aliphatic carbocycles. The highest BCUT2D eigenvalue weighted by Gasteiger charge is 2.20. The Morgan fingerprint density at radius 3 is 2.62 bits per heavy atom.